The molecule has 0 saturated heterocycles. The van der Waals surface area contributed by atoms with Crippen molar-refractivity contribution in [1.29, 1.82) is 0 Å². The van der Waals surface area contributed by atoms with E-state index in [2.05, 4.69) is 20.8 Å². The van der Waals surface area contributed by atoms with Crippen LogP contribution in [0.1, 0.15) is 0 Å². The summed E-state index contributed by atoms with van der Waals surface area (Å²) < 4.78 is 11.3. The number of amides is 2. The Morgan fingerprint density at radius 2 is 1.86 bits per heavy atom. The van der Waals surface area contributed by atoms with Crippen molar-refractivity contribution >= 4 is 23.5 Å². The van der Waals surface area contributed by atoms with Crippen molar-refractivity contribution in [2.45, 2.75) is 6.10 Å². The molecule has 1 aliphatic rings. The molecule has 0 fully saturated rings. The second kappa shape index (κ2) is 8.01. The quantitative estimate of drug-likeness (QED) is 0.679. The number of hydrogen-bond acceptors (Lipinski definition) is 7. The Labute approximate surface area is 166 Å². The molecule has 3 aromatic rings. The molecule has 0 aliphatic carbocycles. The third-order valence-electron chi connectivity index (χ3n) is 4.43. The summed E-state index contributed by atoms with van der Waals surface area (Å²) in [5, 5.41) is 13.0. The average molecular weight is 393 g/mol. The van der Waals surface area contributed by atoms with E-state index in [1.54, 1.807) is 18.0 Å². The zero-order chi connectivity index (χ0) is 20.2. The fourth-order valence-electron chi connectivity index (χ4n) is 3.06. The lowest BCUT2D eigenvalue weighted by Crippen LogP contribution is -2.50. The third kappa shape index (κ3) is 4.03. The molecule has 2 aromatic carbocycles. The van der Waals surface area contributed by atoms with Gasteiger partial charge in [-0.25, -0.2) is 0 Å². The molecule has 9 heteroatoms. The van der Waals surface area contributed by atoms with E-state index in [0.29, 0.717) is 11.6 Å². The minimum atomic E-state index is -0.712. The molecule has 1 aliphatic heterocycles. The Bertz CT molecular complexity index is 1020. The molecule has 2 N–H and O–H groups in total. The molecule has 0 radical (unpaired) electrons. The van der Waals surface area contributed by atoms with E-state index in [-0.39, 0.29) is 30.9 Å². The first kappa shape index (κ1) is 18.5. The number of likely N-dealkylation sites (N-methyl/N-ethyl adjacent to an activating group) is 1. The summed E-state index contributed by atoms with van der Waals surface area (Å²) in [7, 11) is 1.54. The summed E-state index contributed by atoms with van der Waals surface area (Å²) in [6.07, 6.45) is -0.712. The summed E-state index contributed by atoms with van der Waals surface area (Å²) in [6.45, 7) is 0.236. The molecular formula is C20H19N5O4. The number of carbonyl (C=O) groups excluding carboxylic acids is 2. The fraction of sp³-hybridized carbons (Fsp3) is 0.200. The zero-order valence-electron chi connectivity index (χ0n) is 15.7. The molecule has 0 bridgehead atoms. The van der Waals surface area contributed by atoms with E-state index >= 15 is 0 Å². The molecule has 148 valence electrons. The Kier molecular flexibility index (Phi) is 5.10. The second-order valence-corrected chi connectivity index (χ2v) is 6.40. The molecule has 4 rings (SSSR count). The van der Waals surface area contributed by atoms with Crippen LogP contribution in [0.5, 0.6) is 5.75 Å². The molecule has 1 atom stereocenters. The smallest absolute Gasteiger partial charge is 0.322 e. The number of para-hydroxylation sites is 2. The Balaban J connectivity index is 1.46. The lowest BCUT2D eigenvalue weighted by Gasteiger charge is -2.34. The number of carbonyl (C=O) groups is 2. The normalized spacial score (nSPS) is 15.2. The number of fused-ring (bicyclic) bond motifs is 1. The van der Waals surface area contributed by atoms with Crippen molar-refractivity contribution in [3.63, 3.8) is 0 Å². The highest BCUT2D eigenvalue weighted by Crippen LogP contribution is 2.33. The summed E-state index contributed by atoms with van der Waals surface area (Å²) in [6, 6.07) is 16.5. The van der Waals surface area contributed by atoms with Crippen LogP contribution in [0.2, 0.25) is 0 Å². The van der Waals surface area contributed by atoms with E-state index in [1.165, 1.54) is 0 Å². The van der Waals surface area contributed by atoms with E-state index in [1.807, 2.05) is 48.5 Å². The Hall–Kier alpha value is -3.88. The number of nitrogens with zero attached hydrogens (tertiary/aromatic N) is 3. The molecule has 1 unspecified atom stereocenters. The highest BCUT2D eigenvalue weighted by atomic mass is 16.5. The largest absolute Gasteiger partial charge is 0.477 e. The first-order valence-electron chi connectivity index (χ1n) is 9.05. The van der Waals surface area contributed by atoms with Crippen LogP contribution in [-0.2, 0) is 9.59 Å². The highest BCUT2D eigenvalue weighted by Gasteiger charge is 2.31. The summed E-state index contributed by atoms with van der Waals surface area (Å²) in [4.78, 5) is 26.4. The van der Waals surface area contributed by atoms with Crippen LogP contribution < -0.4 is 20.3 Å². The van der Waals surface area contributed by atoms with Gasteiger partial charge in [-0.1, -0.05) is 35.4 Å². The van der Waals surface area contributed by atoms with Crippen LogP contribution in [0, 0.1) is 0 Å². The van der Waals surface area contributed by atoms with Gasteiger partial charge < -0.3 is 19.4 Å². The van der Waals surface area contributed by atoms with Crippen LogP contribution in [-0.4, -0.2) is 48.3 Å². The molecule has 0 saturated carbocycles. The van der Waals surface area contributed by atoms with Crippen LogP contribution in [0.25, 0.3) is 11.5 Å². The lowest BCUT2D eigenvalue weighted by molar-refractivity contribution is -0.127. The lowest BCUT2D eigenvalue weighted by atomic mass is 10.1. The van der Waals surface area contributed by atoms with Crippen LogP contribution in [0.4, 0.5) is 11.7 Å². The van der Waals surface area contributed by atoms with Crippen molar-refractivity contribution in [3.05, 3.63) is 54.6 Å². The number of aromatic nitrogens is 2. The predicted molar refractivity (Wildman–Crippen MR) is 106 cm³/mol. The Morgan fingerprint density at radius 3 is 2.66 bits per heavy atom. The van der Waals surface area contributed by atoms with Gasteiger partial charge in [0.15, 0.2) is 6.10 Å². The fourth-order valence-corrected chi connectivity index (χ4v) is 3.06. The molecular weight excluding hydrogens is 374 g/mol. The van der Waals surface area contributed by atoms with Gasteiger partial charge in [0.2, 0.25) is 11.8 Å². The van der Waals surface area contributed by atoms with Crippen molar-refractivity contribution in [1.82, 2.24) is 15.5 Å². The van der Waals surface area contributed by atoms with Gasteiger partial charge in [0.05, 0.1) is 18.8 Å². The molecule has 2 heterocycles. The van der Waals surface area contributed by atoms with Gasteiger partial charge in [-0.05, 0) is 24.3 Å². The van der Waals surface area contributed by atoms with E-state index < -0.39 is 6.10 Å². The van der Waals surface area contributed by atoms with Gasteiger partial charge in [0.25, 0.3) is 5.91 Å². The average Bonchev–Trinajstić information content (AvgIpc) is 3.22. The molecule has 0 spiro atoms. The van der Waals surface area contributed by atoms with E-state index in [4.69, 9.17) is 9.15 Å². The predicted octanol–water partition coefficient (Wildman–Crippen LogP) is 1.69. The van der Waals surface area contributed by atoms with Crippen LogP contribution in [0.15, 0.2) is 59.0 Å². The highest BCUT2D eigenvalue weighted by molar-refractivity contribution is 5.93. The van der Waals surface area contributed by atoms with Crippen molar-refractivity contribution in [2.75, 3.05) is 30.4 Å². The van der Waals surface area contributed by atoms with Gasteiger partial charge in [0.1, 0.15) is 5.75 Å². The van der Waals surface area contributed by atoms with Gasteiger partial charge in [-0.2, -0.15) is 0 Å². The number of nitrogens with one attached hydrogen (secondary N) is 2. The maximum Gasteiger partial charge on any atom is 0.322 e. The van der Waals surface area contributed by atoms with Gasteiger partial charge in [-0.15, -0.1) is 5.10 Å². The summed E-state index contributed by atoms with van der Waals surface area (Å²) in [5.41, 5.74) is 1.49. The summed E-state index contributed by atoms with van der Waals surface area (Å²) in [5.74, 6) is 0.261. The number of rotatable bonds is 5. The molecule has 9 nitrogen and oxygen atoms in total. The van der Waals surface area contributed by atoms with Gasteiger partial charge in [-0.3, -0.25) is 14.9 Å². The number of anilines is 2. The SMILES string of the molecule is CNC(=O)C1CN(CC(=O)Nc2nnc(-c3ccccc3)o2)c2ccccc2O1. The molecule has 2 amide bonds. The van der Waals surface area contributed by atoms with Crippen molar-refractivity contribution in [2.24, 2.45) is 0 Å². The second-order valence-electron chi connectivity index (χ2n) is 6.40. The monoisotopic (exact) mass is 393 g/mol. The minimum absolute atomic E-state index is 0.00306. The van der Waals surface area contributed by atoms with E-state index in [9.17, 15) is 9.59 Å². The van der Waals surface area contributed by atoms with E-state index in [0.717, 1.165) is 11.3 Å². The first-order chi connectivity index (χ1) is 14.1. The topological polar surface area (TPSA) is 110 Å². The van der Waals surface area contributed by atoms with Gasteiger partial charge in [0, 0.05) is 12.6 Å². The molecule has 29 heavy (non-hydrogen) atoms. The first-order valence-corrected chi connectivity index (χ1v) is 9.05. The standard InChI is InChI=1S/C20H19N5O4/c1-21-18(27)16-11-25(14-9-5-6-10-15(14)28-16)12-17(26)22-20-24-23-19(29-20)13-7-3-2-4-8-13/h2-10,16H,11-12H2,1H3,(H,21,27)(H,22,24,26). The van der Waals surface area contributed by atoms with Crippen LogP contribution >= 0.6 is 0 Å². The molecule has 1 aromatic heterocycles. The van der Waals surface area contributed by atoms with Crippen LogP contribution in [0.3, 0.4) is 0 Å². The maximum atomic E-state index is 12.6. The number of ether oxygens (including phenoxy) is 1. The number of hydrogen-bond donors (Lipinski definition) is 2. The number of benzene rings is 2. The Morgan fingerprint density at radius 1 is 1.10 bits per heavy atom. The minimum Gasteiger partial charge on any atom is -0.477 e. The third-order valence-corrected chi connectivity index (χ3v) is 4.43. The summed E-state index contributed by atoms with van der Waals surface area (Å²) >= 11 is 0. The maximum absolute atomic E-state index is 12.6. The van der Waals surface area contributed by atoms with Gasteiger partial charge >= 0.3 is 6.01 Å². The van der Waals surface area contributed by atoms with Crippen molar-refractivity contribution in [3.8, 4) is 17.2 Å². The van der Waals surface area contributed by atoms with Crippen molar-refractivity contribution < 1.29 is 18.7 Å². The zero-order valence-corrected chi connectivity index (χ0v) is 15.7.